The van der Waals surface area contributed by atoms with Crippen LogP contribution in [-0.2, 0) is 35.1 Å². The van der Waals surface area contributed by atoms with Crippen molar-refractivity contribution >= 4 is 15.4 Å². The number of hydrogen-bond donors (Lipinski definition) is 0. The first kappa shape index (κ1) is 39.7. The number of benzene rings is 3. The Morgan fingerprint density at radius 2 is 1.37 bits per heavy atom. The summed E-state index contributed by atoms with van der Waals surface area (Å²) in [5.41, 5.74) is 12.1. The number of fused-ring (bicyclic) bond motifs is 3. The molecule has 0 radical (unpaired) electrons. The number of allylic oxidation sites excluding steroid dienone is 5. The smallest absolute Gasteiger partial charge is 0.0174 e. The zero-order valence-corrected chi connectivity index (χ0v) is 32.9. The topological polar surface area (TPSA) is 0 Å². The van der Waals surface area contributed by atoms with Crippen molar-refractivity contribution in [2.24, 2.45) is 5.41 Å². The summed E-state index contributed by atoms with van der Waals surface area (Å²) in [6.45, 7) is 20.7. The molecule has 6 rings (SSSR count). The Morgan fingerprint density at radius 3 is 1.85 bits per heavy atom. The molecule has 0 heterocycles. The van der Waals surface area contributed by atoms with Gasteiger partial charge in [0.15, 0.2) is 0 Å². The summed E-state index contributed by atoms with van der Waals surface area (Å²) in [5.74, 6) is 0.624. The van der Waals surface area contributed by atoms with Gasteiger partial charge >= 0.3 is 76.7 Å². The first-order chi connectivity index (χ1) is 20.8. The molecule has 46 heavy (non-hydrogen) atoms. The van der Waals surface area contributed by atoms with Crippen LogP contribution in [0.2, 0.25) is 0 Å². The van der Waals surface area contributed by atoms with Gasteiger partial charge in [-0.15, -0.1) is 17.2 Å². The van der Waals surface area contributed by atoms with Crippen LogP contribution in [0.5, 0.6) is 0 Å². The maximum absolute atomic E-state index is 3.81. The van der Waals surface area contributed by atoms with Crippen molar-refractivity contribution in [2.75, 3.05) is 0 Å². The normalized spacial score (nSPS) is 17.0. The number of rotatable bonds is 3. The molecule has 2 unspecified atom stereocenters. The van der Waals surface area contributed by atoms with Crippen molar-refractivity contribution in [1.82, 2.24) is 0 Å². The van der Waals surface area contributed by atoms with Crippen LogP contribution in [0.15, 0.2) is 120 Å². The molecule has 2 atom stereocenters. The minimum atomic E-state index is -0.171. The molecule has 2 aliphatic rings. The van der Waals surface area contributed by atoms with Gasteiger partial charge in [-0.05, 0) is 34.4 Å². The quantitative estimate of drug-likeness (QED) is 0.249. The minimum Gasteiger partial charge on any atom is -1.00 e. The van der Waals surface area contributed by atoms with Crippen LogP contribution in [0.25, 0.3) is 11.6 Å². The van der Waals surface area contributed by atoms with E-state index < -0.39 is 0 Å². The number of hydrogen-bond acceptors (Lipinski definition) is 0. The molecule has 0 bridgehead atoms. The van der Waals surface area contributed by atoms with Crippen LogP contribution in [-0.4, -0.2) is 3.71 Å². The third-order valence-corrected chi connectivity index (χ3v) is 10.1. The van der Waals surface area contributed by atoms with Crippen LogP contribution in [0.3, 0.4) is 0 Å². The second-order valence-corrected chi connectivity index (χ2v) is 14.9. The van der Waals surface area contributed by atoms with E-state index in [4.69, 9.17) is 0 Å². The average molecular weight is 727 g/mol. The monoisotopic (exact) mass is 724 g/mol. The Kier molecular flexibility index (Phi) is 14.3. The van der Waals surface area contributed by atoms with E-state index in [0.29, 0.717) is 5.92 Å². The van der Waals surface area contributed by atoms with E-state index in [-0.39, 0.29) is 41.1 Å². The fourth-order valence-electron chi connectivity index (χ4n) is 6.54. The van der Waals surface area contributed by atoms with Crippen molar-refractivity contribution in [1.29, 1.82) is 0 Å². The maximum Gasteiger partial charge on any atom is 0.0174 e. The fraction of sp³-hybridized carbons (Fsp3) is 0.302. The molecule has 2 aliphatic carbocycles. The maximum atomic E-state index is 3.81. The van der Waals surface area contributed by atoms with Crippen LogP contribution in [0.4, 0.5) is 0 Å². The second kappa shape index (κ2) is 16.6. The van der Waals surface area contributed by atoms with E-state index in [9.17, 15) is 0 Å². The third-order valence-electron chi connectivity index (χ3n) is 8.90. The molecule has 0 spiro atoms. The van der Waals surface area contributed by atoms with Gasteiger partial charge in [0.25, 0.3) is 0 Å². The molecule has 0 saturated heterocycles. The molecule has 0 aromatic heterocycles. The summed E-state index contributed by atoms with van der Waals surface area (Å²) in [6, 6.07) is 36.3. The van der Waals surface area contributed by atoms with Gasteiger partial charge in [-0.2, -0.15) is 35.9 Å². The van der Waals surface area contributed by atoms with Crippen LogP contribution in [0.1, 0.15) is 94.7 Å². The van der Waals surface area contributed by atoms with Gasteiger partial charge in [0.2, 0.25) is 0 Å². The molecule has 0 N–H and O–H groups in total. The zero-order valence-electron chi connectivity index (χ0n) is 28.9. The molecule has 0 nitrogen and oxygen atoms in total. The van der Waals surface area contributed by atoms with E-state index >= 15 is 0 Å². The molecule has 4 aromatic carbocycles. The van der Waals surface area contributed by atoms with E-state index in [1.54, 1.807) is 0 Å². The van der Waals surface area contributed by atoms with Gasteiger partial charge in [0.1, 0.15) is 0 Å². The van der Waals surface area contributed by atoms with Crippen molar-refractivity contribution in [3.8, 4) is 0 Å². The van der Waals surface area contributed by atoms with E-state index in [0.717, 1.165) is 0 Å². The molecule has 0 saturated carbocycles. The minimum absolute atomic E-state index is 0. The fourth-order valence-corrected chi connectivity index (χ4v) is 7.01. The van der Waals surface area contributed by atoms with E-state index in [1.807, 2.05) is 30.3 Å². The first-order valence-corrected chi connectivity index (χ1v) is 17.2. The molecule has 4 aromatic rings. The Labute approximate surface area is 306 Å². The van der Waals surface area contributed by atoms with Gasteiger partial charge in [-0.1, -0.05) is 102 Å². The molecule has 3 heteroatoms. The summed E-state index contributed by atoms with van der Waals surface area (Å²) in [7, 11) is 0. The Balaban J connectivity index is 0.000000358. The van der Waals surface area contributed by atoms with Crippen molar-refractivity contribution in [2.45, 2.75) is 79.1 Å². The van der Waals surface area contributed by atoms with Gasteiger partial charge in [0, 0.05) is 5.41 Å². The van der Waals surface area contributed by atoms with Gasteiger partial charge in [-0.25, -0.2) is 12.1 Å². The molecular formula is C43H48Cl2Zr-2. The van der Waals surface area contributed by atoms with Crippen molar-refractivity contribution in [3.05, 3.63) is 160 Å². The Hall–Kier alpha value is -2.44. The molecular weight excluding hydrogens is 679 g/mol. The molecule has 0 aliphatic heterocycles. The molecule has 240 valence electrons. The van der Waals surface area contributed by atoms with Crippen LogP contribution < -0.4 is 24.8 Å². The van der Waals surface area contributed by atoms with Gasteiger partial charge in [0.05, 0.1) is 0 Å². The third kappa shape index (κ3) is 8.72. The first-order valence-electron chi connectivity index (χ1n) is 15.8. The van der Waals surface area contributed by atoms with Crippen LogP contribution in [0, 0.1) is 18.4 Å². The average Bonchev–Trinajstić information content (AvgIpc) is 3.67. The predicted molar refractivity (Wildman–Crippen MR) is 189 cm³/mol. The largest absolute Gasteiger partial charge is 1.00 e. The van der Waals surface area contributed by atoms with Gasteiger partial charge < -0.3 is 24.8 Å². The summed E-state index contributed by atoms with van der Waals surface area (Å²) in [5, 5.41) is 0. The summed E-state index contributed by atoms with van der Waals surface area (Å²) >= 11 is 1.50. The van der Waals surface area contributed by atoms with E-state index in [1.165, 1.54) is 74.3 Å². The Morgan fingerprint density at radius 1 is 0.804 bits per heavy atom. The predicted octanol–water partition coefficient (Wildman–Crippen LogP) is 5.37. The summed E-state index contributed by atoms with van der Waals surface area (Å²) < 4.78 is 2.29. The van der Waals surface area contributed by atoms with Crippen molar-refractivity contribution in [3.63, 3.8) is 0 Å². The molecule has 0 amide bonds. The number of halogens is 2. The molecule has 0 fully saturated rings. The van der Waals surface area contributed by atoms with Crippen LogP contribution >= 0.6 is 0 Å². The zero-order chi connectivity index (χ0) is 32.1. The second-order valence-electron chi connectivity index (χ2n) is 14.1. The van der Waals surface area contributed by atoms with Gasteiger partial charge in [-0.3, -0.25) is 0 Å². The standard InChI is InChI=1S/C29H33.C9H10.C5H5.2ClH.Zr/c1-19-14-21-16-22-15-20(2)29(28(6,7)8,23-12-10-9-11-13-23)18-25(22)24(21)17-26(19)27(3,4)5;1-8(2)9-6-4-3-5-7-9;1-2-4-5-3-1;;;/h9-14,16-18H,1-8H3;1,3-8H,2H3;1-5H;2*1H;/q-1;;-1;;;+2/p-2. The van der Waals surface area contributed by atoms with E-state index in [2.05, 4.69) is 157 Å². The SMILES string of the molecule is CC([CH]=[Zr+2])c1ccccc1.CC1=[C-]C2=Cc3cc(C)c(C(C)(C)C)cc3C2=CC1(c1ccccc1)C(C)(C)C.[Cl-].[Cl-].c1cc[cH-]c1. The number of aryl methyl sites for hydroxylation is 1. The van der Waals surface area contributed by atoms with Crippen molar-refractivity contribution < 1.29 is 49.0 Å². The summed E-state index contributed by atoms with van der Waals surface area (Å²) in [6.07, 6.45) is 8.66. The summed E-state index contributed by atoms with van der Waals surface area (Å²) in [4.78, 5) is 0. The Bertz CT molecular complexity index is 1630.